The van der Waals surface area contributed by atoms with Crippen LogP contribution in [0.2, 0.25) is 10.4 Å². The number of hydrogen-bond acceptors (Lipinski definition) is 2. The van der Waals surface area contributed by atoms with Gasteiger partial charge in [0.05, 0.1) is 5.69 Å². The molecule has 0 bridgehead atoms. The summed E-state index contributed by atoms with van der Waals surface area (Å²) in [6, 6.07) is 15.9. The van der Waals surface area contributed by atoms with Crippen LogP contribution in [-0.4, -0.2) is 9.97 Å². The van der Waals surface area contributed by atoms with Gasteiger partial charge in [0.2, 0.25) is 5.28 Å². The van der Waals surface area contributed by atoms with Crippen LogP contribution in [0.3, 0.4) is 0 Å². The molecule has 4 heteroatoms. The highest BCUT2D eigenvalue weighted by Gasteiger charge is 2.07. The fourth-order valence-corrected chi connectivity index (χ4v) is 2.39. The van der Waals surface area contributed by atoms with Gasteiger partial charge >= 0.3 is 0 Å². The maximum absolute atomic E-state index is 5.92. The van der Waals surface area contributed by atoms with Crippen molar-refractivity contribution < 1.29 is 0 Å². The minimum Gasteiger partial charge on any atom is -0.218 e. The summed E-state index contributed by atoms with van der Waals surface area (Å²) in [4.78, 5) is 8.08. The van der Waals surface area contributed by atoms with Crippen LogP contribution in [0.25, 0.3) is 22.0 Å². The van der Waals surface area contributed by atoms with Gasteiger partial charge < -0.3 is 0 Å². The van der Waals surface area contributed by atoms with Gasteiger partial charge in [-0.3, -0.25) is 0 Å². The Balaban J connectivity index is 2.31. The summed E-state index contributed by atoms with van der Waals surface area (Å²) in [5.41, 5.74) is 1.73. The minimum absolute atomic E-state index is 0.158. The number of rotatable bonds is 1. The molecule has 0 atom stereocenters. The summed E-state index contributed by atoms with van der Waals surface area (Å²) in [6.07, 6.45) is 0. The molecule has 0 radical (unpaired) electrons. The molecule has 0 saturated heterocycles. The summed E-state index contributed by atoms with van der Waals surface area (Å²) >= 11 is 11.8. The van der Waals surface area contributed by atoms with E-state index in [1.807, 2.05) is 24.3 Å². The molecular formula is C14H8Cl2N2. The first-order valence-corrected chi connectivity index (χ1v) is 6.18. The second-order valence-corrected chi connectivity index (χ2v) is 4.60. The summed E-state index contributed by atoms with van der Waals surface area (Å²) in [5, 5.41) is 2.77. The van der Waals surface area contributed by atoms with Crippen molar-refractivity contribution in [2.75, 3.05) is 0 Å². The van der Waals surface area contributed by atoms with Crippen LogP contribution in [0.5, 0.6) is 0 Å². The number of halogens is 2. The summed E-state index contributed by atoms with van der Waals surface area (Å²) in [6.45, 7) is 0. The van der Waals surface area contributed by atoms with Crippen molar-refractivity contribution >= 4 is 34.0 Å². The van der Waals surface area contributed by atoms with Gasteiger partial charge in [-0.05, 0) is 22.4 Å². The van der Waals surface area contributed by atoms with Crippen LogP contribution in [-0.2, 0) is 0 Å². The molecule has 0 unspecified atom stereocenters. The van der Waals surface area contributed by atoms with E-state index in [9.17, 15) is 0 Å². The molecular weight excluding hydrogens is 267 g/mol. The van der Waals surface area contributed by atoms with E-state index in [1.165, 1.54) is 0 Å². The lowest BCUT2D eigenvalue weighted by Gasteiger charge is -2.06. The molecule has 3 aromatic rings. The third-order valence-corrected chi connectivity index (χ3v) is 3.10. The van der Waals surface area contributed by atoms with Crippen molar-refractivity contribution in [1.29, 1.82) is 0 Å². The third-order valence-electron chi connectivity index (χ3n) is 2.73. The van der Waals surface area contributed by atoms with Crippen LogP contribution in [0.1, 0.15) is 0 Å². The highest BCUT2D eigenvalue weighted by molar-refractivity contribution is 6.32. The van der Waals surface area contributed by atoms with E-state index >= 15 is 0 Å². The van der Waals surface area contributed by atoms with Crippen molar-refractivity contribution in [1.82, 2.24) is 9.97 Å². The maximum atomic E-state index is 5.92. The van der Waals surface area contributed by atoms with E-state index in [4.69, 9.17) is 23.2 Å². The van der Waals surface area contributed by atoms with Crippen LogP contribution in [0, 0.1) is 0 Å². The molecule has 18 heavy (non-hydrogen) atoms. The number of hydrogen-bond donors (Lipinski definition) is 0. The van der Waals surface area contributed by atoms with E-state index < -0.39 is 0 Å². The Labute approximate surface area is 114 Å². The first-order chi connectivity index (χ1) is 8.74. The minimum atomic E-state index is 0.158. The largest absolute Gasteiger partial charge is 0.224 e. The van der Waals surface area contributed by atoms with E-state index in [0.717, 1.165) is 22.0 Å². The van der Waals surface area contributed by atoms with Crippen molar-refractivity contribution in [3.63, 3.8) is 0 Å². The standard InChI is InChI=1S/C14H8Cl2N2/c15-13-8-12(17-14(16)18-13)11-7-3-5-9-4-1-2-6-10(9)11/h1-8H. The normalized spacial score (nSPS) is 10.8. The molecule has 0 fully saturated rings. The van der Waals surface area contributed by atoms with Crippen LogP contribution >= 0.6 is 23.2 Å². The Kier molecular flexibility index (Phi) is 2.90. The summed E-state index contributed by atoms with van der Waals surface area (Å²) < 4.78 is 0. The lowest BCUT2D eigenvalue weighted by atomic mass is 10.0. The number of fused-ring (bicyclic) bond motifs is 1. The lowest BCUT2D eigenvalue weighted by molar-refractivity contribution is 1.17. The second kappa shape index (κ2) is 4.56. The molecule has 0 N–H and O–H groups in total. The molecule has 0 saturated carbocycles. The monoisotopic (exact) mass is 274 g/mol. The molecule has 0 amide bonds. The van der Waals surface area contributed by atoms with Gasteiger partial charge in [-0.2, -0.15) is 0 Å². The third kappa shape index (κ3) is 2.05. The van der Waals surface area contributed by atoms with Gasteiger partial charge in [-0.25, -0.2) is 9.97 Å². The van der Waals surface area contributed by atoms with E-state index in [1.54, 1.807) is 6.07 Å². The van der Waals surface area contributed by atoms with Gasteiger partial charge in [0.1, 0.15) is 5.15 Å². The number of benzene rings is 2. The van der Waals surface area contributed by atoms with E-state index in [-0.39, 0.29) is 5.28 Å². The Bertz CT molecular complexity index is 700. The smallest absolute Gasteiger partial charge is 0.218 e. The predicted molar refractivity (Wildman–Crippen MR) is 75.0 cm³/mol. The molecule has 3 rings (SSSR count). The van der Waals surface area contributed by atoms with Gasteiger partial charge in [-0.1, -0.05) is 54.1 Å². The summed E-state index contributed by atoms with van der Waals surface area (Å²) in [7, 11) is 0. The lowest BCUT2D eigenvalue weighted by Crippen LogP contribution is -1.89. The van der Waals surface area contributed by atoms with Crippen LogP contribution in [0.15, 0.2) is 48.5 Å². The molecule has 0 aliphatic heterocycles. The fraction of sp³-hybridized carbons (Fsp3) is 0. The quantitative estimate of drug-likeness (QED) is 0.479. The first kappa shape index (κ1) is 11.5. The van der Waals surface area contributed by atoms with Gasteiger partial charge in [0, 0.05) is 11.6 Å². The zero-order valence-corrected chi connectivity index (χ0v) is 10.8. The average molecular weight is 275 g/mol. The molecule has 1 aromatic heterocycles. The Morgan fingerprint density at radius 2 is 1.61 bits per heavy atom. The number of aromatic nitrogens is 2. The maximum Gasteiger partial charge on any atom is 0.224 e. The molecule has 2 aromatic carbocycles. The highest BCUT2D eigenvalue weighted by Crippen LogP contribution is 2.28. The molecule has 0 aliphatic carbocycles. The van der Waals surface area contributed by atoms with E-state index in [2.05, 4.69) is 28.2 Å². The Morgan fingerprint density at radius 1 is 0.833 bits per heavy atom. The Morgan fingerprint density at radius 3 is 2.44 bits per heavy atom. The average Bonchev–Trinajstić information content (AvgIpc) is 2.37. The molecule has 2 nitrogen and oxygen atoms in total. The first-order valence-electron chi connectivity index (χ1n) is 5.42. The van der Waals surface area contributed by atoms with Crippen LogP contribution in [0.4, 0.5) is 0 Å². The molecule has 0 aliphatic rings. The van der Waals surface area contributed by atoms with E-state index in [0.29, 0.717) is 5.15 Å². The van der Waals surface area contributed by atoms with Crippen LogP contribution < -0.4 is 0 Å². The van der Waals surface area contributed by atoms with Crippen molar-refractivity contribution in [3.8, 4) is 11.3 Å². The van der Waals surface area contributed by atoms with Gasteiger partial charge in [0.25, 0.3) is 0 Å². The summed E-state index contributed by atoms with van der Waals surface area (Å²) in [5.74, 6) is 0. The highest BCUT2D eigenvalue weighted by atomic mass is 35.5. The molecule has 0 spiro atoms. The SMILES string of the molecule is Clc1cc(-c2cccc3ccccc23)nc(Cl)n1. The van der Waals surface area contributed by atoms with Gasteiger partial charge in [0.15, 0.2) is 0 Å². The second-order valence-electron chi connectivity index (χ2n) is 3.87. The number of nitrogens with zero attached hydrogens (tertiary/aromatic N) is 2. The zero-order valence-electron chi connectivity index (χ0n) is 9.27. The molecule has 88 valence electrons. The van der Waals surface area contributed by atoms with Crippen molar-refractivity contribution in [3.05, 3.63) is 59.0 Å². The van der Waals surface area contributed by atoms with Gasteiger partial charge in [-0.15, -0.1) is 0 Å². The molecule has 1 heterocycles. The zero-order chi connectivity index (χ0) is 12.5. The predicted octanol–water partition coefficient (Wildman–Crippen LogP) is 4.60. The Hall–Kier alpha value is -1.64. The fourth-order valence-electron chi connectivity index (χ4n) is 1.98. The van der Waals surface area contributed by atoms with Crippen molar-refractivity contribution in [2.24, 2.45) is 0 Å². The topological polar surface area (TPSA) is 25.8 Å². The van der Waals surface area contributed by atoms with Crippen molar-refractivity contribution in [2.45, 2.75) is 0 Å².